The van der Waals surface area contributed by atoms with Crippen LogP contribution in [0.4, 0.5) is 0 Å². The fraction of sp³-hybridized carbons (Fsp3) is 0.130. The lowest BCUT2D eigenvalue weighted by molar-refractivity contribution is 1.29. The molecule has 9 rings (SSSR count). The first-order valence-electron chi connectivity index (χ1n) is 18.7. The Bertz CT molecular complexity index is 2420. The Labute approximate surface area is 439 Å². The highest BCUT2D eigenvalue weighted by molar-refractivity contribution is 9.11. The van der Waals surface area contributed by atoms with Crippen molar-refractivity contribution in [3.05, 3.63) is 155 Å². The number of benzene rings is 8. The second-order valence-electron chi connectivity index (χ2n) is 13.8. The van der Waals surface area contributed by atoms with Crippen LogP contribution in [0, 0.1) is 0 Å². The topological polar surface area (TPSA) is 0 Å². The van der Waals surface area contributed by atoms with Crippen molar-refractivity contribution >= 4 is 260 Å². The van der Waals surface area contributed by atoms with Gasteiger partial charge >= 0.3 is 0 Å². The monoisotopic (exact) mass is 1180 g/mol. The number of hydrogen-bond donors (Lipinski definition) is 0. The molecule has 8 aromatic rings. The van der Waals surface area contributed by atoms with Gasteiger partial charge in [0, 0.05) is 8.95 Å². The van der Waals surface area contributed by atoms with Gasteiger partial charge in [0.05, 0.1) is 0 Å². The van der Waals surface area contributed by atoms with Crippen molar-refractivity contribution in [3.63, 3.8) is 0 Å². The van der Waals surface area contributed by atoms with Gasteiger partial charge in [0.1, 0.15) is 29.0 Å². The maximum absolute atomic E-state index is 5.11. The van der Waals surface area contributed by atoms with Crippen LogP contribution in [-0.4, -0.2) is 42.4 Å². The summed E-state index contributed by atoms with van der Waals surface area (Å²) in [5.41, 5.74) is 8.27. The minimum Gasteiger partial charge on any atom is -0.102 e. The van der Waals surface area contributed by atoms with Gasteiger partial charge in [-0.05, 0) is 74.9 Å². The molecule has 0 spiro atoms. The second-order valence-corrected chi connectivity index (χ2v) is 22.3. The lowest BCUT2D eigenvalue weighted by Crippen LogP contribution is -2.75. The minimum absolute atomic E-state index is 0.0922. The zero-order chi connectivity index (χ0) is 44.8. The van der Waals surface area contributed by atoms with E-state index >= 15 is 0 Å². The second kappa shape index (κ2) is 23.4. The molecule has 0 unspecified atom stereocenters. The molecule has 8 aromatic carbocycles. The van der Waals surface area contributed by atoms with Crippen LogP contribution in [0.15, 0.2) is 155 Å². The van der Waals surface area contributed by atoms with Crippen LogP contribution in [0.25, 0.3) is 43.1 Å². The van der Waals surface area contributed by atoms with Gasteiger partial charge in [0.25, 0.3) is 0 Å². The third kappa shape index (κ3) is 11.4. The predicted octanol–water partition coefficient (Wildman–Crippen LogP) is 15.0. The summed E-state index contributed by atoms with van der Waals surface area (Å²) in [5.74, 6) is 0. The van der Waals surface area contributed by atoms with E-state index in [4.69, 9.17) is 139 Å². The number of halogens is 14. The quantitative estimate of drug-likeness (QED) is 0.0915. The average Bonchev–Trinajstić information content (AvgIpc) is 3.27. The molecule has 0 nitrogen and oxygen atoms in total. The van der Waals surface area contributed by atoms with E-state index in [1.54, 1.807) is 0 Å². The summed E-state index contributed by atoms with van der Waals surface area (Å²) in [5, 5.41) is 10.2. The molecule has 0 aliphatic carbocycles. The molecular formula is C46H30B2Br2Cl12. The highest BCUT2D eigenvalue weighted by Gasteiger charge is 2.41. The van der Waals surface area contributed by atoms with Crippen LogP contribution >= 0.6 is 171 Å². The van der Waals surface area contributed by atoms with Gasteiger partial charge in [-0.3, -0.25) is 0 Å². The summed E-state index contributed by atoms with van der Waals surface area (Å²) < 4.78 is 2.33. The van der Waals surface area contributed by atoms with Crippen molar-refractivity contribution in [1.82, 2.24) is 0 Å². The number of alkyl halides is 12. The number of rotatable bonds is 5. The van der Waals surface area contributed by atoms with Crippen molar-refractivity contribution in [2.75, 3.05) is 0 Å². The van der Waals surface area contributed by atoms with Crippen molar-refractivity contribution in [2.45, 2.75) is 29.0 Å². The van der Waals surface area contributed by atoms with Crippen molar-refractivity contribution in [1.29, 1.82) is 0 Å². The van der Waals surface area contributed by atoms with Crippen molar-refractivity contribution in [3.8, 4) is 0 Å². The average molecular weight is 1190 g/mol. The summed E-state index contributed by atoms with van der Waals surface area (Å²) in [7, 11) is 0. The normalized spacial score (nSPS) is 12.2. The molecule has 0 radical (unpaired) electrons. The van der Waals surface area contributed by atoms with E-state index in [1.165, 1.54) is 75.9 Å². The van der Waals surface area contributed by atoms with Crippen LogP contribution < -0.4 is 32.8 Å². The standard InChI is InChI=1S/C40H24B2Br2.3C2H2Cl4/c43-39-29-17-5-1-13-25(29)37(26-14-2-6-18-30(26)39)41-33-21-9-11-23-35(33)42(36-24-12-10-22-34(36)41)38-27-15-3-7-19-31(27)40(44)32-20-8-4-16-28(32)38;3*3-1(4)2(5)6/h1-24H;3*1-2H. The molecular weight excluding hydrogens is 1160 g/mol. The third-order valence-electron chi connectivity index (χ3n) is 10.2. The Morgan fingerprint density at radius 2 is 0.419 bits per heavy atom. The molecule has 0 amide bonds. The van der Waals surface area contributed by atoms with Crippen LogP contribution in [0.5, 0.6) is 0 Å². The third-order valence-corrected chi connectivity index (χ3v) is 16.5. The van der Waals surface area contributed by atoms with Crippen molar-refractivity contribution < 1.29 is 0 Å². The molecule has 0 saturated carbocycles. The van der Waals surface area contributed by atoms with Gasteiger partial charge in [0.2, 0.25) is 13.4 Å². The SMILES string of the molecule is Brc1c2ccccc2c(B2c3ccccc3B(c3c4ccccc4c(Br)c4ccccc34)c3ccccc32)c2ccccc12.ClC(Cl)C(Cl)Cl.ClC(Cl)C(Cl)Cl.ClC(Cl)C(Cl)Cl. The summed E-state index contributed by atoms with van der Waals surface area (Å²) >= 11 is 69.4. The van der Waals surface area contributed by atoms with E-state index in [0.29, 0.717) is 0 Å². The molecule has 0 saturated heterocycles. The fourth-order valence-electron chi connectivity index (χ4n) is 7.87. The Hall–Kier alpha value is -0.630. The van der Waals surface area contributed by atoms with Gasteiger partial charge in [-0.25, -0.2) is 0 Å². The highest BCUT2D eigenvalue weighted by atomic mass is 79.9. The molecule has 0 bridgehead atoms. The maximum Gasteiger partial charge on any atom is 0.241 e. The smallest absolute Gasteiger partial charge is 0.102 e. The molecule has 1 aliphatic heterocycles. The summed E-state index contributed by atoms with van der Waals surface area (Å²) in [4.78, 5) is -4.04. The van der Waals surface area contributed by atoms with E-state index in [9.17, 15) is 0 Å². The van der Waals surface area contributed by atoms with E-state index in [1.807, 2.05) is 0 Å². The predicted molar refractivity (Wildman–Crippen MR) is 293 cm³/mol. The molecule has 16 heteroatoms. The summed E-state index contributed by atoms with van der Waals surface area (Å²) in [6.45, 7) is 0.184. The Morgan fingerprint density at radius 1 is 0.258 bits per heavy atom. The van der Waals surface area contributed by atoms with Crippen LogP contribution in [-0.2, 0) is 0 Å². The molecule has 0 atom stereocenters. The highest BCUT2D eigenvalue weighted by Crippen LogP contribution is 2.34. The molecule has 318 valence electrons. The Kier molecular flexibility index (Phi) is 19.2. The first kappa shape index (κ1) is 50.8. The van der Waals surface area contributed by atoms with E-state index in [-0.39, 0.29) is 13.4 Å². The molecule has 0 N–H and O–H groups in total. The zero-order valence-electron chi connectivity index (χ0n) is 31.8. The Morgan fingerprint density at radius 3 is 0.597 bits per heavy atom. The zero-order valence-corrected chi connectivity index (χ0v) is 44.0. The van der Waals surface area contributed by atoms with Crippen LogP contribution in [0.3, 0.4) is 0 Å². The van der Waals surface area contributed by atoms with Crippen LogP contribution in [0.1, 0.15) is 0 Å². The van der Waals surface area contributed by atoms with Gasteiger partial charge in [0.15, 0.2) is 0 Å². The summed E-state index contributed by atoms with van der Waals surface area (Å²) in [6, 6.07) is 53.9. The maximum atomic E-state index is 5.11. The van der Waals surface area contributed by atoms with E-state index in [2.05, 4.69) is 177 Å². The van der Waals surface area contributed by atoms with E-state index < -0.39 is 29.0 Å². The summed E-state index contributed by atoms with van der Waals surface area (Å²) in [6.07, 6.45) is 0. The molecule has 1 aliphatic rings. The first-order chi connectivity index (χ1) is 29.6. The molecule has 0 fully saturated rings. The molecule has 62 heavy (non-hydrogen) atoms. The van der Waals surface area contributed by atoms with Gasteiger partial charge in [-0.1, -0.05) is 178 Å². The Balaban J connectivity index is 0.000000302. The first-order valence-corrected chi connectivity index (χ1v) is 25.5. The van der Waals surface area contributed by atoms with Gasteiger partial charge in [-0.2, -0.15) is 0 Å². The minimum atomic E-state index is -0.673. The largest absolute Gasteiger partial charge is 0.241 e. The van der Waals surface area contributed by atoms with E-state index in [0.717, 1.165) is 8.95 Å². The molecule has 0 aromatic heterocycles. The van der Waals surface area contributed by atoms with Gasteiger partial charge < -0.3 is 0 Å². The lowest BCUT2D eigenvalue weighted by atomic mass is 9.20. The van der Waals surface area contributed by atoms with Crippen LogP contribution in [0.2, 0.25) is 0 Å². The fourth-order valence-corrected chi connectivity index (χ4v) is 9.25. The number of fused-ring (bicyclic) bond motifs is 6. The lowest BCUT2D eigenvalue weighted by Gasteiger charge is -2.34. The van der Waals surface area contributed by atoms with Crippen molar-refractivity contribution in [2.24, 2.45) is 0 Å². The number of hydrogen-bond acceptors (Lipinski definition) is 0. The van der Waals surface area contributed by atoms with Gasteiger partial charge in [-0.15, -0.1) is 139 Å². The molecule has 1 heterocycles.